The van der Waals surface area contributed by atoms with Gasteiger partial charge in [0, 0.05) is 6.54 Å². The molecule has 3 nitrogen and oxygen atoms in total. The Morgan fingerprint density at radius 2 is 1.67 bits per heavy atom. The van der Waals surface area contributed by atoms with Gasteiger partial charge in [0.25, 0.3) is 0 Å². The van der Waals surface area contributed by atoms with Crippen molar-refractivity contribution in [2.24, 2.45) is 0 Å². The number of sulfone groups is 1. The van der Waals surface area contributed by atoms with E-state index in [1.54, 1.807) is 18.2 Å². The summed E-state index contributed by atoms with van der Waals surface area (Å²) in [4.78, 5) is 0.739. The molecular weight excluding hydrogens is 282 g/mol. The van der Waals surface area contributed by atoms with Crippen molar-refractivity contribution in [1.29, 1.82) is 0 Å². The van der Waals surface area contributed by atoms with E-state index in [1.165, 1.54) is 5.56 Å². The van der Waals surface area contributed by atoms with Crippen LogP contribution in [0.5, 0.6) is 0 Å². The molecule has 0 saturated carbocycles. The molecule has 0 aliphatic carbocycles. The third kappa shape index (κ3) is 2.87. The second-order valence-corrected chi connectivity index (χ2v) is 7.48. The molecule has 0 unspecified atom stereocenters. The van der Waals surface area contributed by atoms with Crippen LogP contribution in [-0.4, -0.2) is 15.0 Å². The molecule has 4 heteroatoms. The number of aryl methyl sites for hydroxylation is 2. The molecule has 0 aromatic heterocycles. The maximum Gasteiger partial charge on any atom is 0.206 e. The first-order valence-electron chi connectivity index (χ1n) is 7.22. The summed E-state index contributed by atoms with van der Waals surface area (Å²) in [6.45, 7) is 3.67. The Kier molecular flexibility index (Phi) is 3.83. The Hall–Kier alpha value is -1.65. The van der Waals surface area contributed by atoms with Crippen LogP contribution in [0.25, 0.3) is 0 Å². The van der Waals surface area contributed by atoms with E-state index >= 15 is 0 Å². The zero-order chi connectivity index (χ0) is 14.9. The summed E-state index contributed by atoms with van der Waals surface area (Å²) < 4.78 is 25.4. The van der Waals surface area contributed by atoms with E-state index in [9.17, 15) is 8.42 Å². The fourth-order valence-electron chi connectivity index (χ4n) is 2.66. The van der Waals surface area contributed by atoms with Crippen molar-refractivity contribution in [2.45, 2.75) is 36.1 Å². The minimum absolute atomic E-state index is 0.356. The first kappa shape index (κ1) is 14.3. The van der Waals surface area contributed by atoms with Gasteiger partial charge in [-0.3, -0.25) is 0 Å². The van der Waals surface area contributed by atoms with Gasteiger partial charge in [-0.15, -0.1) is 0 Å². The lowest BCUT2D eigenvalue weighted by Gasteiger charge is -2.10. The molecule has 1 aliphatic heterocycles. The van der Waals surface area contributed by atoms with Crippen LogP contribution >= 0.6 is 0 Å². The predicted molar refractivity (Wildman–Crippen MR) is 83.1 cm³/mol. The van der Waals surface area contributed by atoms with E-state index in [2.05, 4.69) is 5.32 Å². The maximum absolute atomic E-state index is 12.7. The fraction of sp³-hybridized carbons (Fsp3) is 0.294. The molecule has 0 amide bonds. The van der Waals surface area contributed by atoms with Gasteiger partial charge in [0.2, 0.25) is 9.84 Å². The van der Waals surface area contributed by atoms with Crippen molar-refractivity contribution >= 4 is 9.84 Å². The number of hydrogen-bond acceptors (Lipinski definition) is 3. The molecule has 2 aromatic carbocycles. The summed E-state index contributed by atoms with van der Waals surface area (Å²) in [5.41, 5.74) is 3.41. The van der Waals surface area contributed by atoms with Crippen LogP contribution in [0.2, 0.25) is 0 Å². The SMILES string of the molecule is Cc1ccc(S(=O)(=O)c2ccc3c(c2)CNCCC3)cc1. The average Bonchev–Trinajstić information content (AvgIpc) is 2.72. The van der Waals surface area contributed by atoms with E-state index in [1.807, 2.05) is 31.2 Å². The monoisotopic (exact) mass is 301 g/mol. The Morgan fingerprint density at radius 3 is 2.43 bits per heavy atom. The quantitative estimate of drug-likeness (QED) is 0.928. The first-order valence-corrected chi connectivity index (χ1v) is 8.70. The molecular formula is C17H19NO2S. The van der Waals surface area contributed by atoms with Gasteiger partial charge >= 0.3 is 0 Å². The molecule has 3 rings (SSSR count). The van der Waals surface area contributed by atoms with Crippen LogP contribution in [0.15, 0.2) is 52.3 Å². The standard InChI is InChI=1S/C17H19NO2S/c1-13-4-7-16(8-5-13)21(19,20)17-9-6-14-3-2-10-18-12-15(14)11-17/h4-9,11,18H,2-3,10,12H2,1H3. The highest BCUT2D eigenvalue weighted by Gasteiger charge is 2.19. The van der Waals surface area contributed by atoms with E-state index in [0.29, 0.717) is 9.79 Å². The van der Waals surface area contributed by atoms with Crippen LogP contribution in [0, 0.1) is 6.92 Å². The maximum atomic E-state index is 12.7. The molecule has 110 valence electrons. The predicted octanol–water partition coefficient (Wildman–Crippen LogP) is 2.86. The van der Waals surface area contributed by atoms with Gasteiger partial charge in [0.15, 0.2) is 0 Å². The number of hydrogen-bond donors (Lipinski definition) is 1. The second-order valence-electron chi connectivity index (χ2n) is 5.53. The third-order valence-corrected chi connectivity index (χ3v) is 5.70. The Balaban J connectivity index is 2.03. The Morgan fingerprint density at radius 1 is 0.952 bits per heavy atom. The summed E-state index contributed by atoms with van der Waals surface area (Å²) in [7, 11) is -3.43. The summed E-state index contributed by atoms with van der Waals surface area (Å²) in [6, 6.07) is 12.5. The van der Waals surface area contributed by atoms with Gasteiger partial charge in [0.05, 0.1) is 9.79 Å². The average molecular weight is 301 g/mol. The van der Waals surface area contributed by atoms with Crippen molar-refractivity contribution in [2.75, 3.05) is 6.54 Å². The highest BCUT2D eigenvalue weighted by molar-refractivity contribution is 7.91. The Bertz CT molecular complexity index is 749. The molecule has 0 fully saturated rings. The normalized spacial score (nSPS) is 15.3. The number of nitrogens with one attached hydrogen (secondary N) is 1. The van der Waals surface area contributed by atoms with Gasteiger partial charge in [-0.1, -0.05) is 23.8 Å². The summed E-state index contributed by atoms with van der Waals surface area (Å²) >= 11 is 0. The van der Waals surface area contributed by atoms with Gasteiger partial charge in [-0.25, -0.2) is 8.42 Å². The van der Waals surface area contributed by atoms with E-state index in [0.717, 1.165) is 37.1 Å². The molecule has 0 saturated heterocycles. The van der Waals surface area contributed by atoms with Crippen molar-refractivity contribution in [1.82, 2.24) is 5.32 Å². The van der Waals surface area contributed by atoms with Crippen molar-refractivity contribution < 1.29 is 8.42 Å². The zero-order valence-corrected chi connectivity index (χ0v) is 12.9. The summed E-state index contributed by atoms with van der Waals surface area (Å²) in [6.07, 6.45) is 2.10. The fourth-order valence-corrected chi connectivity index (χ4v) is 3.97. The second kappa shape index (κ2) is 5.62. The van der Waals surface area contributed by atoms with Crippen molar-refractivity contribution in [3.8, 4) is 0 Å². The molecule has 1 heterocycles. The minimum Gasteiger partial charge on any atom is -0.313 e. The molecule has 1 N–H and O–H groups in total. The van der Waals surface area contributed by atoms with Crippen LogP contribution in [0.1, 0.15) is 23.1 Å². The van der Waals surface area contributed by atoms with Gasteiger partial charge < -0.3 is 5.32 Å². The molecule has 1 aliphatic rings. The number of benzene rings is 2. The topological polar surface area (TPSA) is 46.2 Å². The smallest absolute Gasteiger partial charge is 0.206 e. The number of rotatable bonds is 2. The minimum atomic E-state index is -3.43. The highest BCUT2D eigenvalue weighted by atomic mass is 32.2. The molecule has 0 radical (unpaired) electrons. The Labute approximate surface area is 125 Å². The van der Waals surface area contributed by atoms with Crippen LogP contribution in [0.3, 0.4) is 0 Å². The lowest BCUT2D eigenvalue weighted by molar-refractivity contribution is 0.596. The van der Waals surface area contributed by atoms with Crippen molar-refractivity contribution in [3.63, 3.8) is 0 Å². The van der Waals surface area contributed by atoms with Gasteiger partial charge in [-0.2, -0.15) is 0 Å². The van der Waals surface area contributed by atoms with Crippen LogP contribution in [-0.2, 0) is 22.8 Å². The first-order chi connectivity index (χ1) is 10.1. The van der Waals surface area contributed by atoms with E-state index in [4.69, 9.17) is 0 Å². The van der Waals surface area contributed by atoms with E-state index in [-0.39, 0.29) is 0 Å². The summed E-state index contributed by atoms with van der Waals surface area (Å²) in [5, 5.41) is 3.33. The lowest BCUT2D eigenvalue weighted by atomic mass is 10.0. The molecule has 21 heavy (non-hydrogen) atoms. The highest BCUT2D eigenvalue weighted by Crippen LogP contribution is 2.25. The molecule has 0 bridgehead atoms. The van der Waals surface area contributed by atoms with Crippen LogP contribution < -0.4 is 5.32 Å². The lowest BCUT2D eigenvalue weighted by Crippen LogP contribution is -2.12. The largest absolute Gasteiger partial charge is 0.313 e. The van der Waals surface area contributed by atoms with Crippen molar-refractivity contribution in [3.05, 3.63) is 59.2 Å². The van der Waals surface area contributed by atoms with Gasteiger partial charge in [0.1, 0.15) is 0 Å². The van der Waals surface area contributed by atoms with Gasteiger partial charge in [-0.05, 0) is 61.7 Å². The third-order valence-electron chi connectivity index (χ3n) is 3.93. The molecule has 0 spiro atoms. The molecule has 2 aromatic rings. The zero-order valence-electron chi connectivity index (χ0n) is 12.1. The number of fused-ring (bicyclic) bond motifs is 1. The summed E-state index contributed by atoms with van der Waals surface area (Å²) in [5.74, 6) is 0. The molecule has 0 atom stereocenters. The van der Waals surface area contributed by atoms with Crippen LogP contribution in [0.4, 0.5) is 0 Å². The van der Waals surface area contributed by atoms with E-state index < -0.39 is 9.84 Å².